The first-order valence-corrected chi connectivity index (χ1v) is 9.11. The number of nitrogens with zero attached hydrogens (tertiary/aromatic N) is 1. The van der Waals surface area contributed by atoms with E-state index in [4.69, 9.17) is 0 Å². The molecule has 0 radical (unpaired) electrons. The van der Waals surface area contributed by atoms with Crippen molar-refractivity contribution in [1.82, 2.24) is 15.0 Å². The summed E-state index contributed by atoms with van der Waals surface area (Å²) >= 11 is 0. The smallest absolute Gasteiger partial charge is 0.221 e. The largest absolute Gasteiger partial charge is 0.354 e. The Morgan fingerprint density at radius 3 is 2.75 bits per heavy atom. The molecule has 5 heteroatoms. The van der Waals surface area contributed by atoms with Crippen molar-refractivity contribution in [2.75, 3.05) is 5.32 Å². The SMILES string of the molecule is CC(=O)Nc1cccc(-c2cnc3[nH]cc(-c4cc5ccccc5[nH]4)c3c2)c1. The molecule has 0 atom stereocenters. The summed E-state index contributed by atoms with van der Waals surface area (Å²) in [4.78, 5) is 22.7. The number of fused-ring (bicyclic) bond motifs is 2. The zero-order chi connectivity index (χ0) is 19.1. The molecule has 136 valence electrons. The lowest BCUT2D eigenvalue weighted by molar-refractivity contribution is -0.114. The molecule has 0 spiro atoms. The van der Waals surface area contributed by atoms with Gasteiger partial charge in [-0.15, -0.1) is 0 Å². The molecule has 0 fully saturated rings. The van der Waals surface area contributed by atoms with Crippen molar-refractivity contribution in [3.05, 3.63) is 73.1 Å². The Hall–Kier alpha value is -3.86. The Bertz CT molecular complexity index is 1300. The summed E-state index contributed by atoms with van der Waals surface area (Å²) in [5, 5.41) is 5.06. The van der Waals surface area contributed by atoms with Crippen LogP contribution in [-0.2, 0) is 4.79 Å². The van der Waals surface area contributed by atoms with Crippen LogP contribution in [-0.4, -0.2) is 20.9 Å². The van der Waals surface area contributed by atoms with Crippen molar-refractivity contribution in [2.24, 2.45) is 0 Å². The number of aromatic amines is 2. The molecule has 3 heterocycles. The number of H-pyrrole nitrogens is 2. The van der Waals surface area contributed by atoms with Crippen molar-refractivity contribution < 1.29 is 4.79 Å². The van der Waals surface area contributed by atoms with E-state index in [1.165, 1.54) is 12.3 Å². The van der Waals surface area contributed by atoms with Gasteiger partial charge in [-0.2, -0.15) is 0 Å². The Morgan fingerprint density at radius 2 is 1.89 bits per heavy atom. The number of benzene rings is 2. The summed E-state index contributed by atoms with van der Waals surface area (Å²) in [5.41, 5.74) is 6.86. The first-order chi connectivity index (χ1) is 13.7. The van der Waals surface area contributed by atoms with E-state index in [2.05, 4.69) is 44.5 Å². The summed E-state index contributed by atoms with van der Waals surface area (Å²) in [7, 11) is 0. The number of nitrogens with one attached hydrogen (secondary N) is 3. The lowest BCUT2D eigenvalue weighted by Gasteiger charge is -2.06. The zero-order valence-corrected chi connectivity index (χ0v) is 15.3. The van der Waals surface area contributed by atoms with Crippen LogP contribution >= 0.6 is 0 Å². The van der Waals surface area contributed by atoms with Crippen molar-refractivity contribution in [1.29, 1.82) is 0 Å². The van der Waals surface area contributed by atoms with Gasteiger partial charge in [0.25, 0.3) is 0 Å². The quantitative estimate of drug-likeness (QED) is 0.403. The van der Waals surface area contributed by atoms with Gasteiger partial charge in [-0.1, -0.05) is 30.3 Å². The maximum Gasteiger partial charge on any atom is 0.221 e. The molecule has 3 N–H and O–H groups in total. The standard InChI is InChI=1S/C23H18N4O/c1-14(28)26-18-7-4-6-15(9-18)17-10-19-20(13-25-23(19)24-12-17)22-11-16-5-2-3-8-21(16)27-22/h2-13,27H,1H3,(H,24,25)(H,26,28). The molecule has 5 rings (SSSR count). The lowest BCUT2D eigenvalue weighted by atomic mass is 10.0. The van der Waals surface area contributed by atoms with Gasteiger partial charge in [0.15, 0.2) is 0 Å². The Labute approximate surface area is 161 Å². The van der Waals surface area contributed by atoms with Gasteiger partial charge in [0.1, 0.15) is 5.65 Å². The third-order valence-electron chi connectivity index (χ3n) is 4.87. The van der Waals surface area contributed by atoms with Gasteiger partial charge in [-0.3, -0.25) is 4.79 Å². The van der Waals surface area contributed by atoms with Crippen LogP contribution in [0.2, 0.25) is 0 Å². The summed E-state index contributed by atoms with van der Waals surface area (Å²) in [6, 6.07) is 20.3. The number of hydrogen-bond acceptors (Lipinski definition) is 2. The molecular formula is C23H18N4O. The van der Waals surface area contributed by atoms with Gasteiger partial charge < -0.3 is 15.3 Å². The Balaban J connectivity index is 1.61. The van der Waals surface area contributed by atoms with Crippen LogP contribution in [0.15, 0.2) is 73.1 Å². The van der Waals surface area contributed by atoms with E-state index in [0.29, 0.717) is 0 Å². The molecular weight excluding hydrogens is 348 g/mol. The molecule has 28 heavy (non-hydrogen) atoms. The minimum absolute atomic E-state index is 0.0857. The average Bonchev–Trinajstić information content (AvgIpc) is 3.30. The zero-order valence-electron chi connectivity index (χ0n) is 15.3. The topological polar surface area (TPSA) is 73.6 Å². The predicted octanol–water partition coefficient (Wildman–Crippen LogP) is 5.34. The van der Waals surface area contributed by atoms with Gasteiger partial charge in [-0.05, 0) is 35.9 Å². The number of amides is 1. The monoisotopic (exact) mass is 366 g/mol. The molecule has 0 saturated carbocycles. The van der Waals surface area contributed by atoms with Gasteiger partial charge >= 0.3 is 0 Å². The van der Waals surface area contributed by atoms with E-state index >= 15 is 0 Å². The van der Waals surface area contributed by atoms with Crippen LogP contribution in [0.4, 0.5) is 5.69 Å². The minimum Gasteiger partial charge on any atom is -0.354 e. The van der Waals surface area contributed by atoms with Crippen LogP contribution in [0.3, 0.4) is 0 Å². The highest BCUT2D eigenvalue weighted by Crippen LogP contribution is 2.32. The van der Waals surface area contributed by atoms with Crippen LogP contribution in [0.1, 0.15) is 6.92 Å². The number of anilines is 1. The normalized spacial score (nSPS) is 11.2. The van der Waals surface area contributed by atoms with Gasteiger partial charge in [-0.25, -0.2) is 4.98 Å². The van der Waals surface area contributed by atoms with Gasteiger partial charge in [0, 0.05) is 58.1 Å². The molecule has 0 aliphatic heterocycles. The minimum atomic E-state index is -0.0857. The first-order valence-electron chi connectivity index (χ1n) is 9.11. The Morgan fingerprint density at radius 1 is 1.00 bits per heavy atom. The number of carbonyl (C=O) groups is 1. The molecule has 0 saturated heterocycles. The average molecular weight is 366 g/mol. The molecule has 0 unspecified atom stereocenters. The highest BCUT2D eigenvalue weighted by Gasteiger charge is 2.11. The molecule has 0 aliphatic rings. The summed E-state index contributed by atoms with van der Waals surface area (Å²) in [6.07, 6.45) is 3.83. The van der Waals surface area contributed by atoms with Crippen LogP contribution in [0.25, 0.3) is 44.3 Å². The second kappa shape index (κ2) is 6.39. The van der Waals surface area contributed by atoms with Crippen molar-refractivity contribution >= 4 is 33.5 Å². The fourth-order valence-corrected chi connectivity index (χ4v) is 3.58. The van der Waals surface area contributed by atoms with Crippen molar-refractivity contribution in [3.8, 4) is 22.4 Å². The highest BCUT2D eigenvalue weighted by atomic mass is 16.1. The molecule has 1 amide bonds. The number of carbonyl (C=O) groups excluding carboxylic acids is 1. The summed E-state index contributed by atoms with van der Waals surface area (Å²) in [6.45, 7) is 1.51. The Kier molecular flexibility index (Phi) is 3.72. The number of para-hydroxylation sites is 1. The number of aromatic nitrogens is 3. The molecule has 0 aliphatic carbocycles. The highest BCUT2D eigenvalue weighted by molar-refractivity contribution is 5.98. The molecule has 2 aromatic carbocycles. The predicted molar refractivity (Wildman–Crippen MR) is 113 cm³/mol. The number of rotatable bonds is 3. The maximum atomic E-state index is 11.3. The second-order valence-corrected chi connectivity index (χ2v) is 6.85. The fraction of sp³-hybridized carbons (Fsp3) is 0.0435. The molecule has 0 bridgehead atoms. The third-order valence-corrected chi connectivity index (χ3v) is 4.87. The van der Waals surface area contributed by atoms with E-state index in [-0.39, 0.29) is 5.91 Å². The van der Waals surface area contributed by atoms with E-state index in [0.717, 1.165) is 44.6 Å². The van der Waals surface area contributed by atoms with E-state index in [9.17, 15) is 4.79 Å². The second-order valence-electron chi connectivity index (χ2n) is 6.85. The van der Waals surface area contributed by atoms with Crippen molar-refractivity contribution in [2.45, 2.75) is 6.92 Å². The molecule has 5 nitrogen and oxygen atoms in total. The summed E-state index contributed by atoms with van der Waals surface area (Å²) < 4.78 is 0. The fourth-order valence-electron chi connectivity index (χ4n) is 3.58. The van der Waals surface area contributed by atoms with Gasteiger partial charge in [0.05, 0.1) is 0 Å². The summed E-state index contributed by atoms with van der Waals surface area (Å²) in [5.74, 6) is -0.0857. The van der Waals surface area contributed by atoms with Crippen LogP contribution in [0.5, 0.6) is 0 Å². The molecule has 3 aromatic heterocycles. The number of hydrogen-bond donors (Lipinski definition) is 3. The van der Waals surface area contributed by atoms with Crippen LogP contribution in [0, 0.1) is 0 Å². The first kappa shape index (κ1) is 16.3. The van der Waals surface area contributed by atoms with Crippen LogP contribution < -0.4 is 5.32 Å². The van der Waals surface area contributed by atoms with E-state index in [1.54, 1.807) is 0 Å². The van der Waals surface area contributed by atoms with Gasteiger partial charge in [0.2, 0.25) is 5.91 Å². The number of pyridine rings is 1. The molecule has 5 aromatic rings. The van der Waals surface area contributed by atoms with Crippen molar-refractivity contribution in [3.63, 3.8) is 0 Å². The van der Waals surface area contributed by atoms with E-state index < -0.39 is 0 Å². The third kappa shape index (κ3) is 2.83. The van der Waals surface area contributed by atoms with E-state index in [1.807, 2.05) is 48.8 Å². The maximum absolute atomic E-state index is 11.3. The lowest BCUT2D eigenvalue weighted by Crippen LogP contribution is -2.05.